The summed E-state index contributed by atoms with van der Waals surface area (Å²) in [6, 6.07) is 5.74. The van der Waals surface area contributed by atoms with Crippen molar-refractivity contribution in [3.63, 3.8) is 0 Å². The number of carbonyl (C=O) groups excluding carboxylic acids is 1. The van der Waals surface area contributed by atoms with E-state index >= 15 is 0 Å². The second-order valence-corrected chi connectivity index (χ2v) is 4.33. The van der Waals surface area contributed by atoms with Gasteiger partial charge >= 0.3 is 0 Å². The van der Waals surface area contributed by atoms with Crippen molar-refractivity contribution in [1.82, 2.24) is 0 Å². The van der Waals surface area contributed by atoms with Crippen LogP contribution in [0.1, 0.15) is 28.8 Å². The van der Waals surface area contributed by atoms with Crippen LogP contribution in [0, 0.1) is 0 Å². The molecule has 0 spiro atoms. The predicted octanol–water partition coefficient (Wildman–Crippen LogP) is 1.98. The smallest absolute Gasteiger partial charge is 0.163 e. The van der Waals surface area contributed by atoms with Gasteiger partial charge in [-0.25, -0.2) is 0 Å². The lowest BCUT2D eigenvalue weighted by atomic mass is 9.90. The van der Waals surface area contributed by atoms with E-state index in [-0.39, 0.29) is 11.9 Å². The Labute approximate surface area is 94.4 Å². The lowest BCUT2D eigenvalue weighted by molar-refractivity contribution is 0.0971. The van der Waals surface area contributed by atoms with Crippen molar-refractivity contribution in [1.29, 1.82) is 0 Å². The quantitative estimate of drug-likeness (QED) is 0.728. The van der Waals surface area contributed by atoms with Crippen LogP contribution < -0.4 is 4.74 Å². The minimum Gasteiger partial charge on any atom is -0.490 e. The van der Waals surface area contributed by atoms with Crippen LogP contribution in [0.3, 0.4) is 0 Å². The summed E-state index contributed by atoms with van der Waals surface area (Å²) >= 11 is 0. The summed E-state index contributed by atoms with van der Waals surface area (Å²) in [5.41, 5.74) is 1.93. The van der Waals surface area contributed by atoms with E-state index in [1.165, 1.54) is 0 Å². The molecule has 0 bridgehead atoms. The van der Waals surface area contributed by atoms with Gasteiger partial charge < -0.3 is 9.47 Å². The van der Waals surface area contributed by atoms with E-state index in [1.807, 2.05) is 18.2 Å². The Hall–Kier alpha value is -1.35. The molecule has 0 unspecified atom stereocenters. The van der Waals surface area contributed by atoms with Crippen LogP contribution in [-0.4, -0.2) is 25.1 Å². The van der Waals surface area contributed by atoms with Gasteiger partial charge in [-0.15, -0.1) is 0 Å². The fourth-order valence-electron chi connectivity index (χ4n) is 2.13. The number of fused-ring (bicyclic) bond motifs is 1. The molecule has 0 N–H and O–H groups in total. The summed E-state index contributed by atoms with van der Waals surface area (Å²) in [6.07, 6.45) is 2.81. The highest BCUT2D eigenvalue weighted by molar-refractivity contribution is 5.99. The molecule has 16 heavy (non-hydrogen) atoms. The molecular formula is C13H14O3. The van der Waals surface area contributed by atoms with E-state index < -0.39 is 0 Å². The van der Waals surface area contributed by atoms with Gasteiger partial charge in [0.15, 0.2) is 5.78 Å². The number of benzene rings is 1. The molecular weight excluding hydrogens is 204 g/mol. The fourth-order valence-corrected chi connectivity index (χ4v) is 2.13. The molecule has 84 valence electrons. The van der Waals surface area contributed by atoms with Crippen LogP contribution in [0.2, 0.25) is 0 Å². The molecule has 0 saturated carbocycles. The maximum atomic E-state index is 11.7. The van der Waals surface area contributed by atoms with Crippen LogP contribution >= 0.6 is 0 Å². The van der Waals surface area contributed by atoms with Crippen LogP contribution in [0.25, 0.3) is 0 Å². The number of ketones is 1. The molecule has 1 aliphatic heterocycles. The molecule has 0 aromatic heterocycles. The van der Waals surface area contributed by atoms with Crippen molar-refractivity contribution >= 4 is 5.78 Å². The Morgan fingerprint density at radius 2 is 2.25 bits per heavy atom. The third-order valence-electron chi connectivity index (χ3n) is 3.09. The minimum atomic E-state index is 0.245. The Kier molecular flexibility index (Phi) is 2.40. The van der Waals surface area contributed by atoms with Crippen molar-refractivity contribution in [2.75, 3.05) is 13.2 Å². The number of carbonyl (C=O) groups is 1. The van der Waals surface area contributed by atoms with Crippen LogP contribution in [0.5, 0.6) is 5.75 Å². The van der Waals surface area contributed by atoms with Gasteiger partial charge in [0.25, 0.3) is 0 Å². The molecule has 1 aromatic rings. The SMILES string of the molecule is O=C1CCCc2c(OC[C@@H]3CO3)cccc21. The Morgan fingerprint density at radius 1 is 1.38 bits per heavy atom. The van der Waals surface area contributed by atoms with Crippen molar-refractivity contribution in [2.45, 2.75) is 25.4 Å². The molecule has 1 saturated heterocycles. The number of epoxide rings is 1. The van der Waals surface area contributed by atoms with Gasteiger partial charge in [-0.2, -0.15) is 0 Å². The zero-order valence-electron chi connectivity index (χ0n) is 9.07. The first-order chi connectivity index (χ1) is 7.84. The highest BCUT2D eigenvalue weighted by Crippen LogP contribution is 2.30. The summed E-state index contributed by atoms with van der Waals surface area (Å²) in [4.78, 5) is 11.7. The van der Waals surface area contributed by atoms with E-state index in [9.17, 15) is 4.79 Å². The van der Waals surface area contributed by atoms with Gasteiger partial charge in [-0.3, -0.25) is 4.79 Å². The molecule has 3 nitrogen and oxygen atoms in total. The van der Waals surface area contributed by atoms with E-state index in [2.05, 4.69) is 0 Å². The minimum absolute atomic E-state index is 0.245. The zero-order chi connectivity index (χ0) is 11.0. The third-order valence-corrected chi connectivity index (χ3v) is 3.09. The third kappa shape index (κ3) is 1.83. The highest BCUT2D eigenvalue weighted by Gasteiger charge is 2.25. The molecule has 1 fully saturated rings. The maximum absolute atomic E-state index is 11.7. The van der Waals surface area contributed by atoms with Crippen LogP contribution in [0.15, 0.2) is 18.2 Å². The van der Waals surface area contributed by atoms with Gasteiger partial charge in [0.1, 0.15) is 18.5 Å². The van der Waals surface area contributed by atoms with E-state index in [4.69, 9.17) is 9.47 Å². The van der Waals surface area contributed by atoms with Crippen molar-refractivity contribution in [3.05, 3.63) is 29.3 Å². The molecule has 3 rings (SSSR count). The van der Waals surface area contributed by atoms with E-state index in [1.54, 1.807) is 0 Å². The fraction of sp³-hybridized carbons (Fsp3) is 0.462. The summed E-state index contributed by atoms with van der Waals surface area (Å²) in [7, 11) is 0. The maximum Gasteiger partial charge on any atom is 0.163 e. The molecule has 0 amide bonds. The second-order valence-electron chi connectivity index (χ2n) is 4.33. The highest BCUT2D eigenvalue weighted by atomic mass is 16.6. The first-order valence-corrected chi connectivity index (χ1v) is 5.74. The summed E-state index contributed by atoms with van der Waals surface area (Å²) < 4.78 is 10.8. The largest absolute Gasteiger partial charge is 0.490 e. The molecule has 1 atom stereocenters. The van der Waals surface area contributed by atoms with E-state index in [0.717, 1.165) is 36.3 Å². The van der Waals surface area contributed by atoms with Gasteiger partial charge in [0.05, 0.1) is 6.61 Å². The topological polar surface area (TPSA) is 38.8 Å². The summed E-state index contributed by atoms with van der Waals surface area (Å²) in [6.45, 7) is 1.40. The molecule has 0 radical (unpaired) electrons. The molecule has 1 aliphatic carbocycles. The number of rotatable bonds is 3. The van der Waals surface area contributed by atoms with Crippen molar-refractivity contribution < 1.29 is 14.3 Å². The van der Waals surface area contributed by atoms with Crippen molar-refractivity contribution in [2.24, 2.45) is 0 Å². The first kappa shape index (κ1) is 9.85. The first-order valence-electron chi connectivity index (χ1n) is 5.74. The Morgan fingerprint density at radius 3 is 3.06 bits per heavy atom. The Bertz CT molecular complexity index is 421. The molecule has 2 aliphatic rings. The number of hydrogen-bond donors (Lipinski definition) is 0. The number of hydrogen-bond acceptors (Lipinski definition) is 3. The molecule has 1 heterocycles. The van der Waals surface area contributed by atoms with Crippen LogP contribution in [0.4, 0.5) is 0 Å². The lowest BCUT2D eigenvalue weighted by Gasteiger charge is -2.18. The van der Waals surface area contributed by atoms with Crippen LogP contribution in [-0.2, 0) is 11.2 Å². The molecule has 1 aromatic carbocycles. The van der Waals surface area contributed by atoms with Gasteiger partial charge in [-0.1, -0.05) is 12.1 Å². The molecule has 3 heteroatoms. The average molecular weight is 218 g/mol. The predicted molar refractivity (Wildman–Crippen MR) is 58.9 cm³/mol. The second kappa shape index (κ2) is 3.91. The normalized spacial score (nSPS) is 22.8. The summed E-state index contributed by atoms with van der Waals surface area (Å²) in [5.74, 6) is 1.11. The monoisotopic (exact) mass is 218 g/mol. The van der Waals surface area contributed by atoms with E-state index in [0.29, 0.717) is 13.0 Å². The zero-order valence-corrected chi connectivity index (χ0v) is 9.07. The number of ether oxygens (including phenoxy) is 2. The van der Waals surface area contributed by atoms with Gasteiger partial charge in [0, 0.05) is 17.5 Å². The lowest BCUT2D eigenvalue weighted by Crippen LogP contribution is -2.13. The van der Waals surface area contributed by atoms with Gasteiger partial charge in [0.2, 0.25) is 0 Å². The summed E-state index contributed by atoms with van der Waals surface area (Å²) in [5, 5.41) is 0. The average Bonchev–Trinajstić information content (AvgIpc) is 3.11. The van der Waals surface area contributed by atoms with Gasteiger partial charge in [-0.05, 0) is 18.9 Å². The number of Topliss-reactive ketones (excluding diaryl/α,β-unsaturated/α-hetero) is 1. The Balaban J connectivity index is 1.85. The standard InChI is InChI=1S/C13H14O3/c14-12-5-1-4-11-10(12)3-2-6-13(11)16-8-9-7-15-9/h2-3,6,9H,1,4-5,7-8H2/t9-/m0/s1. The van der Waals surface area contributed by atoms with Crippen molar-refractivity contribution in [3.8, 4) is 5.75 Å².